The Morgan fingerprint density at radius 1 is 1.09 bits per heavy atom. The Labute approximate surface area is 201 Å². The second-order valence-corrected chi connectivity index (χ2v) is 8.96. The van der Waals surface area contributed by atoms with Crippen molar-refractivity contribution < 1.29 is 10.2 Å². The van der Waals surface area contributed by atoms with E-state index in [-0.39, 0.29) is 5.75 Å². The molecule has 0 saturated carbocycles. The van der Waals surface area contributed by atoms with Crippen molar-refractivity contribution in [1.82, 2.24) is 19.5 Å². The topological polar surface area (TPSA) is 85.9 Å². The summed E-state index contributed by atoms with van der Waals surface area (Å²) in [6, 6.07) is 14.9. The van der Waals surface area contributed by atoms with Gasteiger partial charge in [0, 0.05) is 24.7 Å². The van der Waals surface area contributed by atoms with Crippen molar-refractivity contribution in [2.75, 3.05) is 25.5 Å². The van der Waals surface area contributed by atoms with E-state index in [1.165, 1.54) is 5.56 Å². The highest BCUT2D eigenvalue weighted by Gasteiger charge is 2.13. The third-order valence-corrected chi connectivity index (χ3v) is 6.17. The molecule has 7 nitrogen and oxygen atoms in total. The van der Waals surface area contributed by atoms with Crippen LogP contribution in [0.1, 0.15) is 24.5 Å². The number of aromatic nitrogens is 3. The van der Waals surface area contributed by atoms with Crippen LogP contribution >= 0.6 is 15.9 Å². The number of hydrogen-bond donors (Lipinski definition) is 3. The van der Waals surface area contributed by atoms with Gasteiger partial charge >= 0.3 is 0 Å². The molecule has 3 N–H and O–H groups in total. The molecule has 0 fully saturated rings. The fraction of sp³-hybridized carbons (Fsp3) is 0.280. The fourth-order valence-corrected chi connectivity index (χ4v) is 4.21. The predicted molar refractivity (Wildman–Crippen MR) is 135 cm³/mol. The second kappa shape index (κ2) is 10.2. The van der Waals surface area contributed by atoms with Crippen LogP contribution in [0.4, 0.5) is 5.82 Å². The lowest BCUT2D eigenvalue weighted by Gasteiger charge is -2.18. The first-order valence-electron chi connectivity index (χ1n) is 11.0. The van der Waals surface area contributed by atoms with Crippen LogP contribution in [0.5, 0.6) is 11.5 Å². The highest BCUT2D eigenvalue weighted by molar-refractivity contribution is 9.10. The summed E-state index contributed by atoms with van der Waals surface area (Å²) in [6.07, 6.45) is 3.48. The van der Waals surface area contributed by atoms with E-state index in [4.69, 9.17) is 0 Å². The number of rotatable bonds is 9. The molecule has 0 aliphatic rings. The summed E-state index contributed by atoms with van der Waals surface area (Å²) in [7, 11) is 2.10. The third-order valence-electron chi connectivity index (χ3n) is 5.61. The number of aromatic hydroxyl groups is 2. The summed E-state index contributed by atoms with van der Waals surface area (Å²) < 4.78 is 2.56. The molecule has 0 unspecified atom stereocenters. The second-order valence-electron chi connectivity index (χ2n) is 8.11. The summed E-state index contributed by atoms with van der Waals surface area (Å²) in [5, 5.41) is 28.1. The van der Waals surface area contributed by atoms with Crippen LogP contribution in [0.25, 0.3) is 16.9 Å². The van der Waals surface area contributed by atoms with Crippen molar-refractivity contribution >= 4 is 27.4 Å². The van der Waals surface area contributed by atoms with E-state index in [1.807, 2.05) is 31.2 Å². The highest BCUT2D eigenvalue weighted by Crippen LogP contribution is 2.31. The Bertz CT molecular complexity index is 1260. The van der Waals surface area contributed by atoms with Gasteiger partial charge in [0.1, 0.15) is 17.3 Å². The van der Waals surface area contributed by atoms with E-state index < -0.39 is 0 Å². The van der Waals surface area contributed by atoms with E-state index >= 15 is 0 Å². The van der Waals surface area contributed by atoms with Gasteiger partial charge < -0.3 is 20.4 Å². The summed E-state index contributed by atoms with van der Waals surface area (Å²) in [4.78, 5) is 6.95. The summed E-state index contributed by atoms with van der Waals surface area (Å²) in [5.74, 6) is 1.38. The van der Waals surface area contributed by atoms with Crippen LogP contribution in [0.3, 0.4) is 0 Å². The monoisotopic (exact) mass is 509 g/mol. The van der Waals surface area contributed by atoms with Crippen LogP contribution in [-0.2, 0) is 13.0 Å². The molecule has 4 aromatic rings. The van der Waals surface area contributed by atoms with Gasteiger partial charge in [0.05, 0.1) is 16.4 Å². The molecule has 0 aliphatic heterocycles. The van der Waals surface area contributed by atoms with Crippen LogP contribution in [0, 0.1) is 0 Å². The number of benzene rings is 2. The number of phenolic OH excluding ortho intramolecular Hbond substituents is 2. The van der Waals surface area contributed by atoms with Crippen molar-refractivity contribution in [1.29, 1.82) is 0 Å². The molecule has 172 valence electrons. The number of hydrogen-bond acceptors (Lipinski definition) is 6. The quantitative estimate of drug-likeness (QED) is 0.273. The van der Waals surface area contributed by atoms with Gasteiger partial charge in [-0.1, -0.05) is 31.2 Å². The van der Waals surface area contributed by atoms with Crippen molar-refractivity contribution in [2.24, 2.45) is 0 Å². The molecular formula is C25H28BrN5O2. The maximum atomic E-state index is 10.3. The fourth-order valence-electron chi connectivity index (χ4n) is 3.87. The molecule has 0 amide bonds. The van der Waals surface area contributed by atoms with Gasteiger partial charge in [0.15, 0.2) is 5.65 Å². The number of para-hydroxylation sites is 1. The molecule has 0 saturated heterocycles. The van der Waals surface area contributed by atoms with Gasteiger partial charge in [-0.25, -0.2) is 4.98 Å². The van der Waals surface area contributed by atoms with Crippen LogP contribution < -0.4 is 5.32 Å². The molecule has 33 heavy (non-hydrogen) atoms. The summed E-state index contributed by atoms with van der Waals surface area (Å²) in [6.45, 7) is 4.55. The smallest absolute Gasteiger partial charge is 0.172 e. The van der Waals surface area contributed by atoms with Crippen molar-refractivity contribution in [2.45, 2.75) is 26.3 Å². The Morgan fingerprint density at radius 3 is 2.70 bits per heavy atom. The number of phenols is 2. The van der Waals surface area contributed by atoms with Gasteiger partial charge in [-0.05, 0) is 71.7 Å². The molecule has 4 rings (SSSR count). The number of fused-ring (bicyclic) bond motifs is 1. The lowest BCUT2D eigenvalue weighted by atomic mass is 10.1. The first kappa shape index (κ1) is 23.1. The number of nitrogens with zero attached hydrogens (tertiary/aromatic N) is 4. The molecule has 0 bridgehead atoms. The molecule has 0 spiro atoms. The van der Waals surface area contributed by atoms with E-state index in [2.05, 4.69) is 49.3 Å². The van der Waals surface area contributed by atoms with E-state index in [9.17, 15) is 10.2 Å². The zero-order chi connectivity index (χ0) is 23.4. The van der Waals surface area contributed by atoms with Crippen molar-refractivity contribution in [3.63, 3.8) is 0 Å². The van der Waals surface area contributed by atoms with Crippen LogP contribution in [-0.4, -0.2) is 49.8 Å². The molecule has 8 heteroatoms. The normalized spacial score (nSPS) is 11.4. The van der Waals surface area contributed by atoms with Gasteiger partial charge in [-0.2, -0.15) is 9.61 Å². The average molecular weight is 510 g/mol. The molecule has 2 aromatic carbocycles. The predicted octanol–water partition coefficient (Wildman–Crippen LogP) is 5.07. The van der Waals surface area contributed by atoms with Crippen LogP contribution in [0.15, 0.2) is 59.2 Å². The Hall–Kier alpha value is -3.10. The number of halogens is 1. The minimum Gasteiger partial charge on any atom is -0.508 e. The maximum absolute atomic E-state index is 10.3. The molecule has 0 atom stereocenters. The summed E-state index contributed by atoms with van der Waals surface area (Å²) >= 11 is 3.51. The zero-order valence-corrected chi connectivity index (χ0v) is 20.4. The Kier molecular flexibility index (Phi) is 7.15. The zero-order valence-electron chi connectivity index (χ0n) is 18.8. The minimum absolute atomic E-state index is 0.193. The van der Waals surface area contributed by atoms with Gasteiger partial charge in [0.25, 0.3) is 0 Å². The standard InChI is InChI=1S/C25H28BrN5O2/c1-3-18-13-17(9-10-22(18)32)16-30(2)12-6-11-27-24-14-21(19-7-4-5-8-23(19)33)29-25-20(26)15-28-31(24)25/h4-5,7-10,13-15,27,32-33H,3,6,11-12,16H2,1-2H3. The largest absolute Gasteiger partial charge is 0.508 e. The number of anilines is 1. The third kappa shape index (κ3) is 5.29. The molecule has 2 aromatic heterocycles. The molecule has 0 radical (unpaired) electrons. The van der Waals surface area contributed by atoms with Crippen molar-refractivity contribution in [3.8, 4) is 22.8 Å². The van der Waals surface area contributed by atoms with E-state index in [0.29, 0.717) is 22.7 Å². The van der Waals surface area contributed by atoms with Gasteiger partial charge in [-0.3, -0.25) is 0 Å². The minimum atomic E-state index is 0.193. The first-order valence-corrected chi connectivity index (χ1v) is 11.8. The van der Waals surface area contributed by atoms with E-state index in [1.54, 1.807) is 28.9 Å². The molecule has 2 heterocycles. The number of aryl methyl sites for hydroxylation is 1. The SMILES string of the molecule is CCc1cc(CN(C)CCCNc2cc(-c3ccccc3O)nc3c(Br)cnn23)ccc1O. The lowest BCUT2D eigenvalue weighted by molar-refractivity contribution is 0.325. The van der Waals surface area contributed by atoms with Gasteiger partial charge in [-0.15, -0.1) is 0 Å². The van der Waals surface area contributed by atoms with E-state index in [0.717, 1.165) is 48.3 Å². The Balaban J connectivity index is 1.41. The maximum Gasteiger partial charge on any atom is 0.172 e. The van der Waals surface area contributed by atoms with Crippen molar-refractivity contribution in [3.05, 3.63) is 70.3 Å². The first-order chi connectivity index (χ1) is 16.0. The number of nitrogens with one attached hydrogen (secondary N) is 1. The summed E-state index contributed by atoms with van der Waals surface area (Å²) in [5.41, 5.74) is 4.23. The van der Waals surface area contributed by atoms with Crippen LogP contribution in [0.2, 0.25) is 0 Å². The molecular weight excluding hydrogens is 482 g/mol. The van der Waals surface area contributed by atoms with Gasteiger partial charge in [0.2, 0.25) is 0 Å². The Morgan fingerprint density at radius 2 is 1.91 bits per heavy atom. The molecule has 0 aliphatic carbocycles. The highest BCUT2D eigenvalue weighted by atomic mass is 79.9. The average Bonchev–Trinajstić information content (AvgIpc) is 3.19. The lowest BCUT2D eigenvalue weighted by Crippen LogP contribution is -2.21.